The minimum Gasteiger partial charge on any atom is -0.490 e. The standard InChI is InChI=1S/C23H25N3O3/c27-23(25-16-22-5-3-15-28-22)18-6-8-20(9-7-18)29-21-10-13-26(14-11-21)17-19-4-1-2-12-24-19/h1-9,12,15,21H,10-11,13-14,16-17H2,(H,25,27). The maximum atomic E-state index is 12.2. The van der Waals surface area contributed by atoms with Crippen LogP contribution in [0.15, 0.2) is 71.5 Å². The van der Waals surface area contributed by atoms with Gasteiger partial charge in [0.2, 0.25) is 0 Å². The molecule has 1 amide bonds. The largest absolute Gasteiger partial charge is 0.490 e. The molecule has 0 aliphatic carbocycles. The molecule has 1 saturated heterocycles. The van der Waals surface area contributed by atoms with Gasteiger partial charge in [-0.15, -0.1) is 0 Å². The Labute approximate surface area is 170 Å². The number of nitrogens with zero attached hydrogens (tertiary/aromatic N) is 2. The molecule has 0 spiro atoms. The van der Waals surface area contributed by atoms with Crippen molar-refractivity contribution in [3.63, 3.8) is 0 Å². The fraction of sp³-hybridized carbons (Fsp3) is 0.304. The second kappa shape index (κ2) is 9.39. The van der Waals surface area contributed by atoms with Crippen LogP contribution in [0.4, 0.5) is 0 Å². The quantitative estimate of drug-likeness (QED) is 0.666. The summed E-state index contributed by atoms with van der Waals surface area (Å²) in [6.07, 6.45) is 5.60. The van der Waals surface area contributed by atoms with Crippen LogP contribution < -0.4 is 10.1 Å². The van der Waals surface area contributed by atoms with Crippen LogP contribution in [0.25, 0.3) is 0 Å². The van der Waals surface area contributed by atoms with E-state index in [4.69, 9.17) is 9.15 Å². The molecule has 1 aliphatic heterocycles. The summed E-state index contributed by atoms with van der Waals surface area (Å²) < 4.78 is 11.3. The molecule has 2 aromatic heterocycles. The van der Waals surface area contributed by atoms with Crippen LogP contribution in [0, 0.1) is 0 Å². The van der Waals surface area contributed by atoms with Gasteiger partial charge in [0.1, 0.15) is 17.6 Å². The highest BCUT2D eigenvalue weighted by molar-refractivity contribution is 5.94. The van der Waals surface area contributed by atoms with Gasteiger partial charge in [0.25, 0.3) is 5.91 Å². The first-order valence-electron chi connectivity index (χ1n) is 9.96. The molecule has 4 rings (SSSR count). The first-order valence-corrected chi connectivity index (χ1v) is 9.96. The van der Waals surface area contributed by atoms with Crippen molar-refractivity contribution in [2.45, 2.75) is 32.0 Å². The highest BCUT2D eigenvalue weighted by Crippen LogP contribution is 2.20. The summed E-state index contributed by atoms with van der Waals surface area (Å²) in [7, 11) is 0. The maximum absolute atomic E-state index is 12.2. The Hall–Kier alpha value is -3.12. The molecule has 3 aromatic rings. The Morgan fingerprint density at radius 2 is 1.93 bits per heavy atom. The van der Waals surface area contributed by atoms with Crippen LogP contribution in [-0.2, 0) is 13.1 Å². The second-order valence-corrected chi connectivity index (χ2v) is 7.20. The summed E-state index contributed by atoms with van der Waals surface area (Å²) in [4.78, 5) is 19.0. The van der Waals surface area contributed by atoms with E-state index >= 15 is 0 Å². The van der Waals surface area contributed by atoms with E-state index in [1.807, 2.05) is 36.5 Å². The predicted molar refractivity (Wildman–Crippen MR) is 109 cm³/mol. The number of hydrogen-bond donors (Lipinski definition) is 1. The van der Waals surface area contributed by atoms with E-state index in [2.05, 4.69) is 21.3 Å². The molecule has 6 heteroatoms. The van der Waals surface area contributed by atoms with Crippen LogP contribution in [0.5, 0.6) is 5.75 Å². The topological polar surface area (TPSA) is 67.6 Å². The summed E-state index contributed by atoms with van der Waals surface area (Å²) >= 11 is 0. The predicted octanol–water partition coefficient (Wildman–Crippen LogP) is 3.65. The summed E-state index contributed by atoms with van der Waals surface area (Å²) in [6.45, 7) is 3.25. The number of nitrogens with one attached hydrogen (secondary N) is 1. The van der Waals surface area contributed by atoms with Crippen molar-refractivity contribution in [1.82, 2.24) is 15.2 Å². The number of furan rings is 1. The molecule has 150 valence electrons. The van der Waals surface area contributed by atoms with Crippen LogP contribution in [0.2, 0.25) is 0 Å². The number of ether oxygens (including phenoxy) is 1. The van der Waals surface area contributed by atoms with E-state index < -0.39 is 0 Å². The van der Waals surface area contributed by atoms with Gasteiger partial charge >= 0.3 is 0 Å². The number of rotatable bonds is 7. The fourth-order valence-electron chi connectivity index (χ4n) is 3.47. The van der Waals surface area contributed by atoms with Gasteiger partial charge in [-0.2, -0.15) is 0 Å². The average Bonchev–Trinajstić information content (AvgIpc) is 3.28. The summed E-state index contributed by atoms with van der Waals surface area (Å²) in [6, 6.07) is 17.0. The van der Waals surface area contributed by atoms with E-state index in [9.17, 15) is 4.79 Å². The number of carbonyl (C=O) groups is 1. The van der Waals surface area contributed by atoms with Crippen molar-refractivity contribution in [3.8, 4) is 5.75 Å². The monoisotopic (exact) mass is 391 g/mol. The smallest absolute Gasteiger partial charge is 0.251 e. The molecule has 0 atom stereocenters. The minimum absolute atomic E-state index is 0.129. The van der Waals surface area contributed by atoms with Crippen molar-refractivity contribution >= 4 is 5.91 Å². The number of likely N-dealkylation sites (tertiary alicyclic amines) is 1. The lowest BCUT2D eigenvalue weighted by atomic mass is 10.1. The molecule has 3 heterocycles. The fourth-order valence-corrected chi connectivity index (χ4v) is 3.47. The Morgan fingerprint density at radius 1 is 1.10 bits per heavy atom. The van der Waals surface area contributed by atoms with Gasteiger partial charge in [-0.25, -0.2) is 0 Å². The molecular weight excluding hydrogens is 366 g/mol. The normalized spacial score (nSPS) is 15.2. The Kier molecular flexibility index (Phi) is 6.22. The number of pyridine rings is 1. The third-order valence-corrected chi connectivity index (χ3v) is 5.07. The van der Waals surface area contributed by atoms with Crippen molar-refractivity contribution in [1.29, 1.82) is 0 Å². The van der Waals surface area contributed by atoms with E-state index in [-0.39, 0.29) is 12.0 Å². The number of aromatic nitrogens is 1. The van der Waals surface area contributed by atoms with Crippen molar-refractivity contribution in [2.24, 2.45) is 0 Å². The zero-order valence-corrected chi connectivity index (χ0v) is 16.3. The van der Waals surface area contributed by atoms with Crippen LogP contribution >= 0.6 is 0 Å². The Bertz CT molecular complexity index is 887. The van der Waals surface area contributed by atoms with Gasteiger partial charge in [-0.3, -0.25) is 14.7 Å². The Balaban J connectivity index is 1.22. The van der Waals surface area contributed by atoms with E-state index in [1.165, 1.54) is 0 Å². The lowest BCUT2D eigenvalue weighted by molar-refractivity contribution is 0.0944. The first-order chi connectivity index (χ1) is 14.3. The van der Waals surface area contributed by atoms with Gasteiger partial charge in [0.05, 0.1) is 18.5 Å². The molecule has 0 unspecified atom stereocenters. The molecule has 0 saturated carbocycles. The zero-order valence-electron chi connectivity index (χ0n) is 16.3. The molecule has 29 heavy (non-hydrogen) atoms. The third kappa shape index (κ3) is 5.45. The lowest BCUT2D eigenvalue weighted by Gasteiger charge is -2.31. The van der Waals surface area contributed by atoms with Crippen molar-refractivity contribution in [3.05, 3.63) is 84.1 Å². The number of hydrogen-bond acceptors (Lipinski definition) is 5. The molecule has 0 bridgehead atoms. The summed E-state index contributed by atoms with van der Waals surface area (Å²) in [5.74, 6) is 1.40. The summed E-state index contributed by atoms with van der Waals surface area (Å²) in [5, 5.41) is 2.84. The van der Waals surface area contributed by atoms with Crippen LogP contribution in [0.1, 0.15) is 34.7 Å². The molecular formula is C23H25N3O3. The molecule has 1 aromatic carbocycles. The van der Waals surface area contributed by atoms with Crippen LogP contribution in [0.3, 0.4) is 0 Å². The van der Waals surface area contributed by atoms with Gasteiger partial charge in [0.15, 0.2) is 0 Å². The molecule has 6 nitrogen and oxygen atoms in total. The molecule has 0 radical (unpaired) electrons. The van der Waals surface area contributed by atoms with Gasteiger partial charge < -0.3 is 14.5 Å². The van der Waals surface area contributed by atoms with E-state index in [0.717, 1.165) is 49.7 Å². The maximum Gasteiger partial charge on any atom is 0.251 e. The molecule has 1 aliphatic rings. The number of carbonyl (C=O) groups excluding carboxylic acids is 1. The molecule has 1 fully saturated rings. The summed E-state index contributed by atoms with van der Waals surface area (Å²) in [5.41, 5.74) is 1.71. The Morgan fingerprint density at radius 3 is 2.62 bits per heavy atom. The number of piperidine rings is 1. The number of amides is 1. The zero-order chi connectivity index (χ0) is 19.9. The van der Waals surface area contributed by atoms with Crippen LogP contribution in [-0.4, -0.2) is 35.0 Å². The number of benzene rings is 1. The van der Waals surface area contributed by atoms with E-state index in [0.29, 0.717) is 12.1 Å². The third-order valence-electron chi connectivity index (χ3n) is 5.07. The average molecular weight is 391 g/mol. The van der Waals surface area contributed by atoms with Crippen molar-refractivity contribution in [2.75, 3.05) is 13.1 Å². The highest BCUT2D eigenvalue weighted by Gasteiger charge is 2.21. The second-order valence-electron chi connectivity index (χ2n) is 7.20. The van der Waals surface area contributed by atoms with Crippen molar-refractivity contribution < 1.29 is 13.9 Å². The SMILES string of the molecule is O=C(NCc1ccco1)c1ccc(OC2CCN(Cc3ccccn3)CC2)cc1. The lowest BCUT2D eigenvalue weighted by Crippen LogP contribution is -2.37. The van der Waals surface area contributed by atoms with E-state index in [1.54, 1.807) is 24.5 Å². The van der Waals surface area contributed by atoms with Gasteiger partial charge in [0, 0.05) is 31.4 Å². The van der Waals surface area contributed by atoms with Gasteiger partial charge in [-0.05, 0) is 61.4 Å². The molecule has 1 N–H and O–H groups in total. The minimum atomic E-state index is -0.129. The van der Waals surface area contributed by atoms with Gasteiger partial charge in [-0.1, -0.05) is 6.07 Å². The first kappa shape index (κ1) is 19.2. The highest BCUT2D eigenvalue weighted by atomic mass is 16.5.